The van der Waals surface area contributed by atoms with Gasteiger partial charge in [-0.05, 0) is 65.6 Å². The maximum Gasteiger partial charge on any atom is 0.157 e. The van der Waals surface area contributed by atoms with Crippen LogP contribution in [0.4, 0.5) is 0 Å². The summed E-state index contributed by atoms with van der Waals surface area (Å²) in [7, 11) is 0. The molecule has 1 unspecified atom stereocenters. The minimum atomic E-state index is 0.234. The second-order valence-electron chi connectivity index (χ2n) is 6.85. The predicted molar refractivity (Wildman–Crippen MR) is 109 cm³/mol. The molecule has 27 heavy (non-hydrogen) atoms. The Balaban J connectivity index is 1.37. The third-order valence-corrected chi connectivity index (χ3v) is 5.47. The molecule has 4 rings (SSSR count). The van der Waals surface area contributed by atoms with Crippen LogP contribution < -0.4 is 4.74 Å². The molecule has 0 amide bonds. The summed E-state index contributed by atoms with van der Waals surface area (Å²) in [5, 5.41) is 9.49. The molecule has 1 fully saturated rings. The summed E-state index contributed by atoms with van der Waals surface area (Å²) >= 11 is 3.42. The number of benzene rings is 1. The Labute approximate surface area is 166 Å². The van der Waals surface area contributed by atoms with Crippen LogP contribution in [0.1, 0.15) is 19.3 Å². The van der Waals surface area contributed by atoms with E-state index in [0.717, 1.165) is 52.3 Å². The Morgan fingerprint density at radius 2 is 2.11 bits per heavy atom. The highest BCUT2D eigenvalue weighted by atomic mass is 79.9. The van der Waals surface area contributed by atoms with Gasteiger partial charge in [0, 0.05) is 28.8 Å². The molecule has 3 heterocycles. The molecule has 2 N–H and O–H groups in total. The third-order valence-electron chi connectivity index (χ3n) is 5.04. The van der Waals surface area contributed by atoms with Crippen molar-refractivity contribution in [3.63, 3.8) is 0 Å². The molecule has 1 atom stereocenters. The molecule has 7 heteroatoms. The number of piperidine rings is 1. The van der Waals surface area contributed by atoms with Crippen molar-refractivity contribution in [1.29, 1.82) is 0 Å². The monoisotopic (exact) mass is 430 g/mol. The Hall–Kier alpha value is -1.96. The number of halogens is 1. The van der Waals surface area contributed by atoms with Gasteiger partial charge in [-0.2, -0.15) is 0 Å². The van der Waals surface area contributed by atoms with Gasteiger partial charge in [-0.15, -0.1) is 0 Å². The minimum Gasteiger partial charge on any atom is -0.492 e. The molecule has 6 nitrogen and oxygen atoms in total. The number of aromatic nitrogens is 3. The Morgan fingerprint density at radius 3 is 2.93 bits per heavy atom. The van der Waals surface area contributed by atoms with Crippen LogP contribution in [0.2, 0.25) is 0 Å². The summed E-state index contributed by atoms with van der Waals surface area (Å²) in [5.41, 5.74) is 2.60. The van der Waals surface area contributed by atoms with E-state index in [2.05, 4.69) is 35.8 Å². The van der Waals surface area contributed by atoms with Crippen molar-refractivity contribution >= 4 is 27.1 Å². The molecule has 1 aromatic carbocycles. The van der Waals surface area contributed by atoms with Crippen molar-refractivity contribution < 1.29 is 9.84 Å². The molecule has 0 bridgehead atoms. The van der Waals surface area contributed by atoms with Crippen LogP contribution in [0.5, 0.6) is 5.75 Å². The second-order valence-corrected chi connectivity index (χ2v) is 7.76. The lowest BCUT2D eigenvalue weighted by atomic mass is 10.0. The normalized spacial score (nSPS) is 18.1. The van der Waals surface area contributed by atoms with E-state index in [1.54, 1.807) is 6.20 Å². The number of aromatic amines is 1. The fourth-order valence-corrected chi connectivity index (χ4v) is 3.88. The highest BCUT2D eigenvalue weighted by Crippen LogP contribution is 2.24. The van der Waals surface area contributed by atoms with E-state index in [0.29, 0.717) is 6.61 Å². The van der Waals surface area contributed by atoms with Gasteiger partial charge >= 0.3 is 0 Å². The number of nitrogens with one attached hydrogen (secondary N) is 1. The van der Waals surface area contributed by atoms with Crippen molar-refractivity contribution in [1.82, 2.24) is 19.9 Å². The van der Waals surface area contributed by atoms with E-state index >= 15 is 0 Å². The molecule has 1 aliphatic rings. The SMILES string of the molecule is OCC1CCCCN1CCOc1ccc(-c2nc3cc(Br)cnc3[nH]2)cc1. The zero-order valence-electron chi connectivity index (χ0n) is 15.1. The van der Waals surface area contributed by atoms with Crippen LogP contribution in [-0.4, -0.2) is 57.3 Å². The Morgan fingerprint density at radius 1 is 1.26 bits per heavy atom. The lowest BCUT2D eigenvalue weighted by Crippen LogP contribution is -2.43. The van der Waals surface area contributed by atoms with Gasteiger partial charge in [-0.25, -0.2) is 9.97 Å². The minimum absolute atomic E-state index is 0.234. The molecule has 1 aliphatic heterocycles. The van der Waals surface area contributed by atoms with Crippen LogP contribution in [0.25, 0.3) is 22.6 Å². The predicted octanol–water partition coefficient (Wildman–Crippen LogP) is 3.61. The maximum absolute atomic E-state index is 9.49. The molecule has 0 saturated carbocycles. The number of imidazole rings is 1. The lowest BCUT2D eigenvalue weighted by Gasteiger charge is -2.34. The zero-order valence-corrected chi connectivity index (χ0v) is 16.7. The standard InChI is InChI=1S/C20H23BrN4O2/c21-15-11-18-20(22-12-15)24-19(23-18)14-4-6-17(7-5-14)27-10-9-25-8-2-1-3-16(25)13-26/h4-7,11-12,16,26H,1-3,8-10,13H2,(H,22,23,24). The van der Waals surface area contributed by atoms with Gasteiger partial charge < -0.3 is 14.8 Å². The summed E-state index contributed by atoms with van der Waals surface area (Å²) in [6.07, 6.45) is 5.24. The molecular formula is C20H23BrN4O2. The quantitative estimate of drug-likeness (QED) is 0.624. The van der Waals surface area contributed by atoms with Crippen molar-refractivity contribution in [2.24, 2.45) is 0 Å². The number of aliphatic hydroxyl groups is 1. The Kier molecular flexibility index (Phi) is 5.71. The first-order valence-corrected chi connectivity index (χ1v) is 10.1. The average molecular weight is 431 g/mol. The van der Waals surface area contributed by atoms with Gasteiger partial charge in [0.2, 0.25) is 0 Å². The molecule has 0 aliphatic carbocycles. The smallest absolute Gasteiger partial charge is 0.157 e. The zero-order chi connectivity index (χ0) is 18.6. The van der Waals surface area contributed by atoms with Crippen LogP contribution in [0, 0.1) is 0 Å². The van der Waals surface area contributed by atoms with Gasteiger partial charge in [0.15, 0.2) is 5.65 Å². The molecule has 2 aromatic heterocycles. The number of H-pyrrole nitrogens is 1. The summed E-state index contributed by atoms with van der Waals surface area (Å²) in [4.78, 5) is 14.5. The van der Waals surface area contributed by atoms with Crippen molar-refractivity contribution in [3.8, 4) is 17.1 Å². The first-order valence-electron chi connectivity index (χ1n) is 9.32. The van der Waals surface area contributed by atoms with Gasteiger partial charge in [-0.1, -0.05) is 6.42 Å². The van der Waals surface area contributed by atoms with Gasteiger partial charge in [0.05, 0.1) is 6.61 Å². The average Bonchev–Trinajstić information content (AvgIpc) is 3.12. The van der Waals surface area contributed by atoms with E-state index in [1.807, 2.05) is 30.3 Å². The fourth-order valence-electron chi connectivity index (χ4n) is 3.56. The van der Waals surface area contributed by atoms with Gasteiger partial charge in [0.1, 0.15) is 23.7 Å². The number of hydrogen-bond donors (Lipinski definition) is 2. The summed E-state index contributed by atoms with van der Waals surface area (Å²) in [6.45, 7) is 2.75. The van der Waals surface area contributed by atoms with Crippen LogP contribution >= 0.6 is 15.9 Å². The summed E-state index contributed by atoms with van der Waals surface area (Å²) in [5.74, 6) is 1.63. The number of rotatable bonds is 6. The lowest BCUT2D eigenvalue weighted by molar-refractivity contribution is 0.0773. The summed E-state index contributed by atoms with van der Waals surface area (Å²) in [6, 6.07) is 10.2. The number of pyridine rings is 1. The van der Waals surface area contributed by atoms with Gasteiger partial charge in [-0.3, -0.25) is 4.90 Å². The van der Waals surface area contributed by atoms with Crippen LogP contribution in [0.15, 0.2) is 41.0 Å². The second kappa shape index (κ2) is 8.37. The van der Waals surface area contributed by atoms with Crippen LogP contribution in [-0.2, 0) is 0 Å². The highest BCUT2D eigenvalue weighted by Gasteiger charge is 2.21. The molecule has 0 spiro atoms. The first-order chi connectivity index (χ1) is 13.2. The summed E-state index contributed by atoms with van der Waals surface area (Å²) < 4.78 is 6.81. The van der Waals surface area contributed by atoms with E-state index in [-0.39, 0.29) is 12.6 Å². The number of nitrogens with zero attached hydrogens (tertiary/aromatic N) is 3. The first kappa shape index (κ1) is 18.4. The van der Waals surface area contributed by atoms with E-state index in [9.17, 15) is 5.11 Å². The number of aliphatic hydroxyl groups excluding tert-OH is 1. The van der Waals surface area contributed by atoms with Crippen molar-refractivity contribution in [3.05, 3.63) is 41.0 Å². The van der Waals surface area contributed by atoms with Gasteiger partial charge in [0.25, 0.3) is 0 Å². The van der Waals surface area contributed by atoms with Crippen LogP contribution in [0.3, 0.4) is 0 Å². The van der Waals surface area contributed by atoms with Crippen molar-refractivity contribution in [2.45, 2.75) is 25.3 Å². The molecular weight excluding hydrogens is 408 g/mol. The number of hydrogen-bond acceptors (Lipinski definition) is 5. The third kappa shape index (κ3) is 4.31. The maximum atomic E-state index is 9.49. The molecule has 1 saturated heterocycles. The molecule has 0 radical (unpaired) electrons. The van der Waals surface area contributed by atoms with Crippen molar-refractivity contribution in [2.75, 3.05) is 26.3 Å². The highest BCUT2D eigenvalue weighted by molar-refractivity contribution is 9.10. The topological polar surface area (TPSA) is 74.3 Å². The Bertz CT molecular complexity index is 897. The van der Waals surface area contributed by atoms with E-state index in [1.165, 1.54) is 12.8 Å². The molecule has 142 valence electrons. The number of fused-ring (bicyclic) bond motifs is 1. The molecule has 3 aromatic rings. The van der Waals surface area contributed by atoms with E-state index < -0.39 is 0 Å². The number of likely N-dealkylation sites (tertiary alicyclic amines) is 1. The van der Waals surface area contributed by atoms with E-state index in [4.69, 9.17) is 4.74 Å². The number of ether oxygens (including phenoxy) is 1. The largest absolute Gasteiger partial charge is 0.492 e. The fraction of sp³-hybridized carbons (Fsp3) is 0.400.